The van der Waals surface area contributed by atoms with Crippen LogP contribution in [0.1, 0.15) is 32.9 Å². The maximum atomic E-state index is 12.5. The first-order chi connectivity index (χ1) is 16.8. The molecule has 0 aliphatic rings. The van der Waals surface area contributed by atoms with Gasteiger partial charge in [0.1, 0.15) is 0 Å². The van der Waals surface area contributed by atoms with Gasteiger partial charge >= 0.3 is 0 Å². The smallest absolute Gasteiger partial charge is 0.271 e. The van der Waals surface area contributed by atoms with Gasteiger partial charge in [-0.05, 0) is 80.1 Å². The standard InChI is InChI=1S/C27H22Cl3N3OS/c1-17-13-21(18(2)33(17)26-14-23(29)9-12-25(26)30)15-31-32-27(34)20-5-3-19(4-6-20)16-35-24-10-7-22(28)8-11-24/h3-15H,16H2,1-2H3,(H,32,34)/b31-15+. The number of benzene rings is 3. The van der Waals surface area contributed by atoms with E-state index in [-0.39, 0.29) is 5.91 Å². The largest absolute Gasteiger partial charge is 0.316 e. The van der Waals surface area contributed by atoms with Crippen LogP contribution in [0.25, 0.3) is 5.69 Å². The van der Waals surface area contributed by atoms with Crippen LogP contribution in [0.5, 0.6) is 0 Å². The molecule has 1 amide bonds. The average Bonchev–Trinajstić information content (AvgIpc) is 3.13. The Balaban J connectivity index is 1.38. The van der Waals surface area contributed by atoms with Gasteiger partial charge in [0.05, 0.1) is 16.9 Å². The lowest BCUT2D eigenvalue weighted by atomic mass is 10.1. The van der Waals surface area contributed by atoms with Gasteiger partial charge in [0, 0.05) is 43.2 Å². The van der Waals surface area contributed by atoms with E-state index >= 15 is 0 Å². The molecular formula is C27H22Cl3N3OS. The van der Waals surface area contributed by atoms with Crippen LogP contribution in [0.15, 0.2) is 82.8 Å². The van der Waals surface area contributed by atoms with E-state index in [2.05, 4.69) is 10.5 Å². The number of hydrogen-bond donors (Lipinski definition) is 1. The van der Waals surface area contributed by atoms with Crippen molar-refractivity contribution in [3.63, 3.8) is 0 Å². The molecule has 0 saturated carbocycles. The van der Waals surface area contributed by atoms with E-state index < -0.39 is 0 Å². The highest BCUT2D eigenvalue weighted by molar-refractivity contribution is 7.98. The summed E-state index contributed by atoms with van der Waals surface area (Å²) in [6, 6.07) is 22.6. The lowest BCUT2D eigenvalue weighted by Gasteiger charge is -2.12. The molecule has 0 aliphatic heterocycles. The maximum Gasteiger partial charge on any atom is 0.271 e. The first-order valence-corrected chi connectivity index (χ1v) is 12.9. The Hall–Kier alpha value is -2.70. The number of carbonyl (C=O) groups is 1. The Bertz CT molecular complexity index is 1380. The van der Waals surface area contributed by atoms with Gasteiger partial charge in [0.2, 0.25) is 0 Å². The molecule has 0 saturated heterocycles. The average molecular weight is 543 g/mol. The zero-order valence-corrected chi connectivity index (χ0v) is 22.1. The highest BCUT2D eigenvalue weighted by Crippen LogP contribution is 2.28. The van der Waals surface area contributed by atoms with E-state index in [0.717, 1.165) is 43.9 Å². The fourth-order valence-electron chi connectivity index (χ4n) is 3.62. The normalized spacial score (nSPS) is 11.2. The molecule has 35 heavy (non-hydrogen) atoms. The monoisotopic (exact) mass is 541 g/mol. The Morgan fingerprint density at radius 1 is 0.943 bits per heavy atom. The highest BCUT2D eigenvalue weighted by Gasteiger charge is 2.13. The van der Waals surface area contributed by atoms with Crippen molar-refractivity contribution in [1.29, 1.82) is 0 Å². The molecule has 0 unspecified atom stereocenters. The van der Waals surface area contributed by atoms with E-state index in [4.69, 9.17) is 34.8 Å². The van der Waals surface area contributed by atoms with Crippen molar-refractivity contribution in [3.05, 3.63) is 116 Å². The summed E-state index contributed by atoms with van der Waals surface area (Å²) in [5, 5.41) is 6.09. The number of rotatable bonds is 7. The molecule has 4 aromatic rings. The topological polar surface area (TPSA) is 46.4 Å². The predicted octanol–water partition coefficient (Wildman–Crippen LogP) is 8.11. The lowest BCUT2D eigenvalue weighted by Crippen LogP contribution is -2.17. The second-order valence-electron chi connectivity index (χ2n) is 7.90. The Labute approximate surface area is 223 Å². The van der Waals surface area contributed by atoms with Crippen molar-refractivity contribution in [2.75, 3.05) is 0 Å². The van der Waals surface area contributed by atoms with Gasteiger partial charge < -0.3 is 4.57 Å². The molecule has 0 aliphatic carbocycles. The van der Waals surface area contributed by atoms with Gasteiger partial charge in [0.25, 0.3) is 5.91 Å². The number of carbonyl (C=O) groups excluding carboxylic acids is 1. The third-order valence-corrected chi connectivity index (χ3v) is 7.31. The van der Waals surface area contributed by atoms with E-state index in [1.54, 1.807) is 42.2 Å². The Morgan fingerprint density at radius 2 is 1.63 bits per heavy atom. The maximum absolute atomic E-state index is 12.5. The van der Waals surface area contributed by atoms with Crippen LogP contribution in [0.2, 0.25) is 15.1 Å². The summed E-state index contributed by atoms with van der Waals surface area (Å²) in [6.45, 7) is 3.95. The summed E-state index contributed by atoms with van der Waals surface area (Å²) >= 11 is 20.2. The second-order valence-corrected chi connectivity index (χ2v) is 10.2. The number of aromatic nitrogens is 1. The van der Waals surface area contributed by atoms with Crippen LogP contribution < -0.4 is 5.43 Å². The number of hydrogen-bond acceptors (Lipinski definition) is 3. The van der Waals surface area contributed by atoms with E-state index in [1.165, 1.54) is 0 Å². The third-order valence-electron chi connectivity index (χ3n) is 5.42. The van der Waals surface area contributed by atoms with Crippen LogP contribution >= 0.6 is 46.6 Å². The molecule has 0 fully saturated rings. The zero-order valence-electron chi connectivity index (χ0n) is 19.1. The van der Waals surface area contributed by atoms with Gasteiger partial charge in [-0.3, -0.25) is 4.79 Å². The van der Waals surface area contributed by atoms with Crippen molar-refractivity contribution in [3.8, 4) is 5.69 Å². The molecule has 0 spiro atoms. The Morgan fingerprint density at radius 3 is 2.34 bits per heavy atom. The number of thioether (sulfide) groups is 1. The van der Waals surface area contributed by atoms with Crippen molar-refractivity contribution in [2.45, 2.75) is 24.5 Å². The number of halogens is 3. The summed E-state index contributed by atoms with van der Waals surface area (Å²) < 4.78 is 2.01. The van der Waals surface area contributed by atoms with Gasteiger partial charge in [0.15, 0.2) is 0 Å². The summed E-state index contributed by atoms with van der Waals surface area (Å²) in [5.74, 6) is 0.526. The molecule has 1 N–H and O–H groups in total. The summed E-state index contributed by atoms with van der Waals surface area (Å²) in [5.41, 5.74) is 7.85. The number of amides is 1. The van der Waals surface area contributed by atoms with Crippen molar-refractivity contribution in [2.24, 2.45) is 5.10 Å². The van der Waals surface area contributed by atoms with Gasteiger partial charge in [-0.1, -0.05) is 46.9 Å². The number of aryl methyl sites for hydroxylation is 1. The van der Waals surface area contributed by atoms with Gasteiger partial charge in [-0.15, -0.1) is 11.8 Å². The van der Waals surface area contributed by atoms with Gasteiger partial charge in [-0.2, -0.15) is 5.10 Å². The molecule has 4 rings (SSSR count). The molecule has 1 aromatic heterocycles. The molecular weight excluding hydrogens is 521 g/mol. The van der Waals surface area contributed by atoms with Crippen molar-refractivity contribution in [1.82, 2.24) is 9.99 Å². The number of nitrogens with zero attached hydrogens (tertiary/aromatic N) is 2. The predicted molar refractivity (Wildman–Crippen MR) is 148 cm³/mol. The number of nitrogens with one attached hydrogen (secondary N) is 1. The summed E-state index contributed by atoms with van der Waals surface area (Å²) in [7, 11) is 0. The van der Waals surface area contributed by atoms with Crippen molar-refractivity contribution >= 4 is 58.7 Å². The summed E-state index contributed by atoms with van der Waals surface area (Å²) in [4.78, 5) is 13.7. The first kappa shape index (κ1) is 25.4. The Kier molecular flexibility index (Phi) is 8.24. The minimum absolute atomic E-state index is 0.273. The quantitative estimate of drug-likeness (QED) is 0.146. The number of hydrazone groups is 1. The zero-order chi connectivity index (χ0) is 24.9. The SMILES string of the molecule is Cc1cc(/C=N/NC(=O)c2ccc(CSc3ccc(Cl)cc3)cc2)c(C)n1-c1cc(Cl)ccc1Cl. The molecule has 3 aromatic carbocycles. The first-order valence-electron chi connectivity index (χ1n) is 10.8. The second kappa shape index (κ2) is 11.4. The fraction of sp³-hybridized carbons (Fsp3) is 0.111. The third kappa shape index (κ3) is 6.30. The van der Waals surface area contributed by atoms with Crippen LogP contribution in [0, 0.1) is 13.8 Å². The van der Waals surface area contributed by atoms with Crippen LogP contribution in [0.4, 0.5) is 0 Å². The van der Waals surface area contributed by atoms with E-state index in [0.29, 0.717) is 15.6 Å². The van der Waals surface area contributed by atoms with Gasteiger partial charge in [-0.25, -0.2) is 5.43 Å². The molecule has 1 heterocycles. The highest BCUT2D eigenvalue weighted by atomic mass is 35.5. The molecule has 0 radical (unpaired) electrons. The molecule has 178 valence electrons. The molecule has 0 atom stereocenters. The van der Waals surface area contributed by atoms with Crippen molar-refractivity contribution < 1.29 is 4.79 Å². The van der Waals surface area contributed by atoms with E-state index in [1.807, 2.05) is 66.9 Å². The summed E-state index contributed by atoms with van der Waals surface area (Å²) in [6.07, 6.45) is 1.63. The van der Waals surface area contributed by atoms with E-state index in [9.17, 15) is 4.79 Å². The minimum atomic E-state index is -0.273. The molecule has 4 nitrogen and oxygen atoms in total. The molecule has 8 heteroatoms. The van der Waals surface area contributed by atoms with Crippen LogP contribution in [0.3, 0.4) is 0 Å². The molecule has 0 bridgehead atoms. The minimum Gasteiger partial charge on any atom is -0.316 e. The van der Waals surface area contributed by atoms with Crippen LogP contribution in [-0.2, 0) is 5.75 Å². The lowest BCUT2D eigenvalue weighted by molar-refractivity contribution is 0.0955. The fourth-order valence-corrected chi connectivity index (χ4v) is 4.97. The van der Waals surface area contributed by atoms with Crippen LogP contribution in [-0.4, -0.2) is 16.7 Å².